The van der Waals surface area contributed by atoms with Crippen molar-refractivity contribution in [1.82, 2.24) is 5.32 Å². The molecule has 66 valence electrons. The van der Waals surface area contributed by atoms with Crippen molar-refractivity contribution in [1.29, 1.82) is 0 Å². The lowest BCUT2D eigenvalue weighted by atomic mass is 9.77. The van der Waals surface area contributed by atoms with Gasteiger partial charge in [0.05, 0.1) is 6.61 Å². The first-order valence-electron chi connectivity index (χ1n) is 4.57. The molecular formula is C9H19NO. The topological polar surface area (TPSA) is 21.3 Å². The first kappa shape index (κ1) is 9.01. The molecule has 1 saturated carbocycles. The van der Waals surface area contributed by atoms with E-state index < -0.39 is 0 Å². The van der Waals surface area contributed by atoms with E-state index >= 15 is 0 Å². The largest absolute Gasteiger partial charge is 0.383 e. The van der Waals surface area contributed by atoms with E-state index in [9.17, 15) is 0 Å². The Morgan fingerprint density at radius 1 is 1.45 bits per heavy atom. The van der Waals surface area contributed by atoms with Crippen LogP contribution in [0.15, 0.2) is 0 Å². The van der Waals surface area contributed by atoms with Crippen LogP contribution in [0, 0.1) is 0 Å². The maximum Gasteiger partial charge on any atom is 0.0644 e. The van der Waals surface area contributed by atoms with Gasteiger partial charge in [-0.05, 0) is 32.2 Å². The van der Waals surface area contributed by atoms with Gasteiger partial charge in [-0.3, -0.25) is 0 Å². The molecular weight excluding hydrogens is 138 g/mol. The Morgan fingerprint density at radius 3 is 2.55 bits per heavy atom. The molecule has 0 aliphatic heterocycles. The molecule has 0 heterocycles. The zero-order valence-electron chi connectivity index (χ0n) is 7.65. The lowest BCUT2D eigenvalue weighted by Gasteiger charge is -2.42. The molecule has 1 aliphatic carbocycles. The molecule has 1 rings (SSSR count). The van der Waals surface area contributed by atoms with Crippen molar-refractivity contribution in [3.8, 4) is 0 Å². The Morgan fingerprint density at radius 2 is 2.18 bits per heavy atom. The summed E-state index contributed by atoms with van der Waals surface area (Å²) in [4.78, 5) is 0. The van der Waals surface area contributed by atoms with Crippen molar-refractivity contribution in [2.45, 2.75) is 38.1 Å². The summed E-state index contributed by atoms with van der Waals surface area (Å²) in [6, 6.07) is 0. The van der Waals surface area contributed by atoms with Gasteiger partial charge in [0.25, 0.3) is 0 Å². The fourth-order valence-corrected chi connectivity index (χ4v) is 1.64. The SMILES string of the molecule is CCCNC1(COC)CCC1. The van der Waals surface area contributed by atoms with Crippen LogP contribution in [-0.4, -0.2) is 25.8 Å². The highest BCUT2D eigenvalue weighted by Gasteiger charge is 2.35. The van der Waals surface area contributed by atoms with Crippen LogP contribution in [0.5, 0.6) is 0 Å². The molecule has 11 heavy (non-hydrogen) atoms. The molecule has 0 aromatic heterocycles. The molecule has 1 aliphatic rings. The van der Waals surface area contributed by atoms with E-state index in [0.29, 0.717) is 5.54 Å². The molecule has 2 heteroatoms. The first-order valence-corrected chi connectivity index (χ1v) is 4.57. The van der Waals surface area contributed by atoms with Crippen LogP contribution in [0.25, 0.3) is 0 Å². The van der Waals surface area contributed by atoms with Crippen molar-refractivity contribution >= 4 is 0 Å². The second-order valence-corrected chi connectivity index (χ2v) is 3.49. The van der Waals surface area contributed by atoms with E-state index in [1.807, 2.05) is 0 Å². The van der Waals surface area contributed by atoms with E-state index in [0.717, 1.165) is 13.2 Å². The summed E-state index contributed by atoms with van der Waals surface area (Å²) in [5.74, 6) is 0. The van der Waals surface area contributed by atoms with Gasteiger partial charge in [0.15, 0.2) is 0 Å². The summed E-state index contributed by atoms with van der Waals surface area (Å²) in [6.45, 7) is 4.21. The Bertz CT molecular complexity index is 110. The average molecular weight is 157 g/mol. The molecule has 0 radical (unpaired) electrons. The Kier molecular flexibility index (Phi) is 3.34. The van der Waals surface area contributed by atoms with Crippen LogP contribution >= 0.6 is 0 Å². The van der Waals surface area contributed by atoms with Gasteiger partial charge < -0.3 is 10.1 Å². The van der Waals surface area contributed by atoms with Gasteiger partial charge in [0.1, 0.15) is 0 Å². The first-order chi connectivity index (χ1) is 5.33. The second-order valence-electron chi connectivity index (χ2n) is 3.49. The number of nitrogens with one attached hydrogen (secondary N) is 1. The second kappa shape index (κ2) is 4.07. The molecule has 1 N–H and O–H groups in total. The summed E-state index contributed by atoms with van der Waals surface area (Å²) >= 11 is 0. The average Bonchev–Trinajstić information content (AvgIpc) is 1.95. The zero-order valence-corrected chi connectivity index (χ0v) is 7.65. The van der Waals surface area contributed by atoms with Gasteiger partial charge >= 0.3 is 0 Å². The minimum absolute atomic E-state index is 0.352. The summed E-state index contributed by atoms with van der Waals surface area (Å²) < 4.78 is 5.18. The maximum absolute atomic E-state index is 5.18. The van der Waals surface area contributed by atoms with Crippen molar-refractivity contribution in [3.63, 3.8) is 0 Å². The van der Waals surface area contributed by atoms with E-state index in [1.165, 1.54) is 25.7 Å². The normalized spacial score (nSPS) is 21.3. The monoisotopic (exact) mass is 157 g/mol. The van der Waals surface area contributed by atoms with Crippen LogP contribution in [0.2, 0.25) is 0 Å². The highest BCUT2D eigenvalue weighted by Crippen LogP contribution is 2.31. The molecule has 0 bridgehead atoms. The van der Waals surface area contributed by atoms with E-state index in [2.05, 4.69) is 12.2 Å². The van der Waals surface area contributed by atoms with Crippen LogP contribution < -0.4 is 5.32 Å². The van der Waals surface area contributed by atoms with Gasteiger partial charge in [-0.1, -0.05) is 6.92 Å². The predicted octanol–water partition coefficient (Wildman–Crippen LogP) is 1.56. The molecule has 0 spiro atoms. The van der Waals surface area contributed by atoms with Crippen molar-refractivity contribution in [3.05, 3.63) is 0 Å². The molecule has 0 aromatic carbocycles. The highest BCUT2D eigenvalue weighted by atomic mass is 16.5. The molecule has 1 fully saturated rings. The number of hydrogen-bond donors (Lipinski definition) is 1. The Balaban J connectivity index is 2.22. The molecule has 0 aromatic rings. The quantitative estimate of drug-likeness (QED) is 0.654. The fraction of sp³-hybridized carbons (Fsp3) is 1.00. The molecule has 0 atom stereocenters. The standard InChI is InChI=1S/C9H19NO/c1-3-7-10-9(8-11-2)5-4-6-9/h10H,3-8H2,1-2H3. The van der Waals surface area contributed by atoms with E-state index in [4.69, 9.17) is 4.74 Å². The highest BCUT2D eigenvalue weighted by molar-refractivity contribution is 4.95. The van der Waals surface area contributed by atoms with Gasteiger partial charge in [-0.15, -0.1) is 0 Å². The van der Waals surface area contributed by atoms with Crippen molar-refractivity contribution < 1.29 is 4.74 Å². The number of ether oxygens (including phenoxy) is 1. The third kappa shape index (κ3) is 2.17. The smallest absolute Gasteiger partial charge is 0.0644 e. The van der Waals surface area contributed by atoms with Crippen LogP contribution in [0.1, 0.15) is 32.6 Å². The Hall–Kier alpha value is -0.0800. The molecule has 2 nitrogen and oxygen atoms in total. The van der Waals surface area contributed by atoms with Gasteiger partial charge in [0.2, 0.25) is 0 Å². The summed E-state index contributed by atoms with van der Waals surface area (Å²) in [5, 5.41) is 3.56. The van der Waals surface area contributed by atoms with Gasteiger partial charge in [0, 0.05) is 12.6 Å². The zero-order chi connectivity index (χ0) is 8.16. The van der Waals surface area contributed by atoms with Gasteiger partial charge in [-0.25, -0.2) is 0 Å². The van der Waals surface area contributed by atoms with Gasteiger partial charge in [-0.2, -0.15) is 0 Å². The predicted molar refractivity (Wildman–Crippen MR) is 46.8 cm³/mol. The molecule has 0 unspecified atom stereocenters. The number of methoxy groups -OCH3 is 1. The van der Waals surface area contributed by atoms with Crippen molar-refractivity contribution in [2.75, 3.05) is 20.3 Å². The third-order valence-corrected chi connectivity index (χ3v) is 2.48. The third-order valence-electron chi connectivity index (χ3n) is 2.48. The minimum Gasteiger partial charge on any atom is -0.383 e. The summed E-state index contributed by atoms with van der Waals surface area (Å²) in [6.07, 6.45) is 5.16. The number of rotatable bonds is 5. The summed E-state index contributed by atoms with van der Waals surface area (Å²) in [5.41, 5.74) is 0.352. The fourth-order valence-electron chi connectivity index (χ4n) is 1.64. The summed E-state index contributed by atoms with van der Waals surface area (Å²) in [7, 11) is 1.79. The molecule has 0 amide bonds. The molecule has 0 saturated heterocycles. The van der Waals surface area contributed by atoms with E-state index in [1.54, 1.807) is 7.11 Å². The lowest BCUT2D eigenvalue weighted by molar-refractivity contribution is 0.0566. The number of hydrogen-bond acceptors (Lipinski definition) is 2. The maximum atomic E-state index is 5.18. The lowest BCUT2D eigenvalue weighted by Crippen LogP contribution is -2.54. The van der Waals surface area contributed by atoms with E-state index in [-0.39, 0.29) is 0 Å². The van der Waals surface area contributed by atoms with Crippen LogP contribution in [0.4, 0.5) is 0 Å². The minimum atomic E-state index is 0.352. The van der Waals surface area contributed by atoms with Crippen LogP contribution in [0.3, 0.4) is 0 Å². The van der Waals surface area contributed by atoms with Crippen molar-refractivity contribution in [2.24, 2.45) is 0 Å². The van der Waals surface area contributed by atoms with Crippen LogP contribution in [-0.2, 0) is 4.74 Å². The Labute approximate surface area is 69.3 Å².